The molecule has 232 valence electrons. The van der Waals surface area contributed by atoms with Crippen LogP contribution in [0.25, 0.3) is 10.8 Å². The van der Waals surface area contributed by atoms with Gasteiger partial charge >= 0.3 is 5.97 Å². The normalized spacial score (nSPS) is 12.1. The first-order chi connectivity index (χ1) is 21.2. The topological polar surface area (TPSA) is 186 Å². The predicted octanol–water partition coefficient (Wildman–Crippen LogP) is 3.86. The second-order valence-electron chi connectivity index (χ2n) is 9.92. The number of rotatable bonds is 16. The summed E-state index contributed by atoms with van der Waals surface area (Å²) in [5, 5.41) is 12.3. The van der Waals surface area contributed by atoms with Gasteiger partial charge < -0.3 is 26.4 Å². The number of nitrogens with zero attached hydrogens (tertiary/aromatic N) is 1. The van der Waals surface area contributed by atoms with Crippen LogP contribution in [-0.2, 0) is 19.1 Å². The van der Waals surface area contributed by atoms with Crippen LogP contribution in [0.2, 0.25) is 0 Å². The number of esters is 1. The zero-order valence-corrected chi connectivity index (χ0v) is 25.7. The van der Waals surface area contributed by atoms with E-state index in [1.54, 1.807) is 18.2 Å². The molecule has 3 aromatic rings. The van der Waals surface area contributed by atoms with E-state index in [0.29, 0.717) is 29.3 Å². The lowest BCUT2D eigenvalue weighted by atomic mass is 10.0. The van der Waals surface area contributed by atoms with E-state index in [1.165, 1.54) is 19.2 Å². The molecule has 12 nitrogen and oxygen atoms in total. The summed E-state index contributed by atoms with van der Waals surface area (Å²) in [4.78, 5) is 75.6. The molecular formula is C31H34BrN5O7. The molecule has 44 heavy (non-hydrogen) atoms. The zero-order valence-electron chi connectivity index (χ0n) is 24.1. The Labute approximate surface area is 262 Å². The molecule has 2 unspecified atom stereocenters. The second kappa shape index (κ2) is 17.0. The van der Waals surface area contributed by atoms with Crippen LogP contribution >= 0.6 is 15.9 Å². The van der Waals surface area contributed by atoms with E-state index in [1.807, 2.05) is 30.3 Å². The number of fused-ring (bicyclic) bond motifs is 1. The van der Waals surface area contributed by atoms with Crippen molar-refractivity contribution in [3.63, 3.8) is 0 Å². The number of nitrogens with two attached hydrogens (primary N) is 1. The van der Waals surface area contributed by atoms with Crippen molar-refractivity contribution >= 4 is 61.9 Å². The Kier molecular flexibility index (Phi) is 13.1. The van der Waals surface area contributed by atoms with E-state index in [9.17, 15) is 28.9 Å². The Morgan fingerprint density at radius 3 is 2.32 bits per heavy atom. The molecule has 0 aliphatic heterocycles. The summed E-state index contributed by atoms with van der Waals surface area (Å²) in [6.07, 6.45) is 1.38. The van der Waals surface area contributed by atoms with Crippen LogP contribution in [0.1, 0.15) is 52.8 Å². The summed E-state index contributed by atoms with van der Waals surface area (Å²) in [6, 6.07) is 15.0. The maximum Gasteiger partial charge on any atom is 0.328 e. The largest absolute Gasteiger partial charge is 0.467 e. The van der Waals surface area contributed by atoms with Crippen molar-refractivity contribution in [2.75, 3.05) is 25.5 Å². The van der Waals surface area contributed by atoms with Crippen LogP contribution in [0.15, 0.2) is 70.3 Å². The molecule has 3 amide bonds. The number of amides is 3. The third-order valence-electron chi connectivity index (χ3n) is 6.81. The fourth-order valence-corrected chi connectivity index (χ4v) is 4.82. The number of methoxy groups -OCH3 is 1. The minimum atomic E-state index is -1.22. The fraction of sp³-hybridized carbons (Fsp3) is 0.323. The smallest absolute Gasteiger partial charge is 0.328 e. The molecule has 3 rings (SSSR count). The lowest BCUT2D eigenvalue weighted by Gasteiger charge is -2.22. The zero-order chi connectivity index (χ0) is 32.1. The van der Waals surface area contributed by atoms with Crippen LogP contribution in [0.4, 0.5) is 5.69 Å². The first kappa shape index (κ1) is 34.0. The van der Waals surface area contributed by atoms with Gasteiger partial charge in [-0.1, -0.05) is 51.4 Å². The third kappa shape index (κ3) is 9.51. The van der Waals surface area contributed by atoms with E-state index in [0.717, 1.165) is 10.8 Å². The molecule has 0 saturated heterocycles. The lowest BCUT2D eigenvalue weighted by Crippen LogP contribution is -2.53. The van der Waals surface area contributed by atoms with Crippen molar-refractivity contribution in [3.8, 4) is 0 Å². The number of benzene rings is 3. The van der Waals surface area contributed by atoms with Crippen LogP contribution in [0.5, 0.6) is 0 Å². The van der Waals surface area contributed by atoms with Gasteiger partial charge in [-0.15, -0.1) is 0 Å². The average molecular weight is 669 g/mol. The highest BCUT2D eigenvalue weighted by Gasteiger charge is 2.30. The van der Waals surface area contributed by atoms with Crippen molar-refractivity contribution in [1.82, 2.24) is 10.6 Å². The Bertz CT molecular complexity index is 1530. The molecule has 5 N–H and O–H groups in total. The van der Waals surface area contributed by atoms with Gasteiger partial charge in [0.2, 0.25) is 5.91 Å². The number of ketones is 1. The molecule has 2 atom stereocenters. The Balaban J connectivity index is 1.80. The van der Waals surface area contributed by atoms with E-state index in [-0.39, 0.29) is 37.2 Å². The molecular weight excluding hydrogens is 634 g/mol. The van der Waals surface area contributed by atoms with Gasteiger partial charge in [-0.3, -0.25) is 19.2 Å². The van der Waals surface area contributed by atoms with Crippen LogP contribution in [0.3, 0.4) is 0 Å². The second-order valence-corrected chi connectivity index (χ2v) is 10.8. The molecule has 3 aromatic carbocycles. The van der Waals surface area contributed by atoms with Gasteiger partial charge in [0, 0.05) is 10.0 Å². The number of nitroso groups, excluding NO2 is 1. The SMILES string of the molecule is COC(=O)C(CCCN)NC(=O)C(CCCCN=O)NC(=O)C(=O)c1cc(Br)ccc1NC(=O)c1ccc2ccccc2c1. The number of hydrogen-bond acceptors (Lipinski definition) is 9. The monoisotopic (exact) mass is 667 g/mol. The summed E-state index contributed by atoms with van der Waals surface area (Å²) >= 11 is 3.30. The number of unbranched alkanes of at least 4 members (excludes halogenated alkanes) is 1. The molecule has 0 heterocycles. The summed E-state index contributed by atoms with van der Waals surface area (Å²) in [6.45, 7) is 0.296. The summed E-state index contributed by atoms with van der Waals surface area (Å²) in [7, 11) is 1.18. The number of carbonyl (C=O) groups is 5. The number of Topliss-reactive ketones (excluding diaryl/α,β-unsaturated/α-hetero) is 1. The van der Waals surface area contributed by atoms with Crippen molar-refractivity contribution < 1.29 is 28.7 Å². The van der Waals surface area contributed by atoms with E-state index < -0.39 is 41.6 Å². The average Bonchev–Trinajstić information content (AvgIpc) is 3.03. The molecule has 0 saturated carbocycles. The van der Waals surface area contributed by atoms with Gasteiger partial charge in [-0.2, -0.15) is 4.91 Å². The highest BCUT2D eigenvalue weighted by Crippen LogP contribution is 2.24. The number of nitrogens with one attached hydrogen (secondary N) is 3. The standard InChI is InChI=1S/C31H34BrN5O7/c1-44-31(42)26(10-6-15-33)37-29(40)25(9-4-5-16-34-43)36-30(41)27(38)23-18-22(32)13-14-24(23)35-28(39)21-12-11-19-7-2-3-8-20(19)17-21/h2-3,7-8,11-14,17-18,25-26H,4-6,9-10,15-16,33H2,1H3,(H,35,39)(H,36,41)(H,37,40). The summed E-state index contributed by atoms with van der Waals surface area (Å²) < 4.78 is 5.25. The van der Waals surface area contributed by atoms with Crippen molar-refractivity contribution in [3.05, 3.63) is 81.2 Å². The quantitative estimate of drug-likeness (QED) is 0.0583. The van der Waals surface area contributed by atoms with Crippen molar-refractivity contribution in [1.29, 1.82) is 0 Å². The van der Waals surface area contributed by atoms with Gasteiger partial charge in [0.05, 0.1) is 24.9 Å². The van der Waals surface area contributed by atoms with Gasteiger partial charge in [-0.05, 0) is 79.8 Å². The Hall–Kier alpha value is -4.49. The fourth-order valence-electron chi connectivity index (χ4n) is 4.46. The number of hydrogen-bond donors (Lipinski definition) is 4. The minimum Gasteiger partial charge on any atom is -0.467 e. The molecule has 0 radical (unpaired) electrons. The summed E-state index contributed by atoms with van der Waals surface area (Å²) in [5.41, 5.74) is 5.88. The lowest BCUT2D eigenvalue weighted by molar-refractivity contribution is -0.145. The first-order valence-corrected chi connectivity index (χ1v) is 14.8. The maximum atomic E-state index is 13.4. The van der Waals surface area contributed by atoms with Crippen molar-refractivity contribution in [2.45, 2.75) is 44.2 Å². The molecule has 0 spiro atoms. The van der Waals surface area contributed by atoms with E-state index in [2.05, 4.69) is 37.1 Å². The minimum absolute atomic E-state index is 0.0147. The Morgan fingerprint density at radius 1 is 0.886 bits per heavy atom. The van der Waals surface area contributed by atoms with E-state index in [4.69, 9.17) is 10.5 Å². The highest BCUT2D eigenvalue weighted by molar-refractivity contribution is 9.10. The maximum absolute atomic E-state index is 13.4. The number of ether oxygens (including phenoxy) is 1. The van der Waals surface area contributed by atoms with Crippen molar-refractivity contribution in [2.24, 2.45) is 10.9 Å². The van der Waals surface area contributed by atoms with E-state index >= 15 is 0 Å². The van der Waals surface area contributed by atoms with Gasteiger partial charge in [0.15, 0.2) is 0 Å². The predicted molar refractivity (Wildman–Crippen MR) is 169 cm³/mol. The molecule has 0 aromatic heterocycles. The van der Waals surface area contributed by atoms with Crippen LogP contribution in [-0.4, -0.2) is 61.8 Å². The molecule has 13 heteroatoms. The van der Waals surface area contributed by atoms with Gasteiger partial charge in [0.25, 0.3) is 17.6 Å². The van der Waals surface area contributed by atoms with Gasteiger partial charge in [-0.25, -0.2) is 4.79 Å². The summed E-state index contributed by atoms with van der Waals surface area (Å²) in [5.74, 6) is -3.98. The number of carbonyl (C=O) groups excluding carboxylic acids is 5. The molecule has 0 aliphatic carbocycles. The van der Waals surface area contributed by atoms with Crippen LogP contribution in [0, 0.1) is 4.91 Å². The molecule has 0 fully saturated rings. The molecule has 0 aliphatic rings. The number of halogens is 1. The number of anilines is 1. The Morgan fingerprint density at radius 2 is 1.61 bits per heavy atom. The highest BCUT2D eigenvalue weighted by atomic mass is 79.9. The molecule has 0 bridgehead atoms. The third-order valence-corrected chi connectivity index (χ3v) is 7.30. The first-order valence-electron chi connectivity index (χ1n) is 14.0. The van der Waals surface area contributed by atoms with Crippen LogP contribution < -0.4 is 21.7 Å². The van der Waals surface area contributed by atoms with Gasteiger partial charge in [0.1, 0.15) is 12.1 Å².